The second-order valence-electron chi connectivity index (χ2n) is 8.84. The molecule has 5 nitrogen and oxygen atoms in total. The first kappa shape index (κ1) is 22.0. The Hall–Kier alpha value is -3.25. The average Bonchev–Trinajstić information content (AvgIpc) is 3.24. The van der Waals surface area contributed by atoms with Crippen LogP contribution in [0.15, 0.2) is 60.9 Å². The van der Waals surface area contributed by atoms with E-state index >= 15 is 0 Å². The molecule has 0 saturated heterocycles. The Kier molecular flexibility index (Phi) is 5.98. The first-order valence-corrected chi connectivity index (χ1v) is 11.3. The molecule has 0 N–H and O–H groups in total. The van der Waals surface area contributed by atoms with Gasteiger partial charge in [0.25, 0.3) is 5.91 Å². The van der Waals surface area contributed by atoms with E-state index in [9.17, 15) is 4.79 Å². The summed E-state index contributed by atoms with van der Waals surface area (Å²) < 4.78 is 6.53. The molecule has 0 bridgehead atoms. The Morgan fingerprint density at radius 3 is 2.47 bits per heavy atom. The van der Waals surface area contributed by atoms with Crippen molar-refractivity contribution in [3.63, 3.8) is 0 Å². The number of carbonyl (C=O) groups excluding carboxylic acids is 1. The van der Waals surface area contributed by atoms with Crippen molar-refractivity contribution in [3.8, 4) is 5.75 Å². The number of pyridine rings is 1. The molecular weight excluding hydrogens is 418 g/mol. The van der Waals surface area contributed by atoms with Crippen LogP contribution < -0.4 is 9.64 Å². The number of ether oxygens (including phenoxy) is 1. The fraction of sp³-hybridized carbons (Fsp3) is 0.269. The lowest BCUT2D eigenvalue weighted by Crippen LogP contribution is -2.30. The van der Waals surface area contributed by atoms with Gasteiger partial charge in [0.05, 0.1) is 18.4 Å². The van der Waals surface area contributed by atoms with Gasteiger partial charge in [-0.1, -0.05) is 56.4 Å². The largest absolute Gasteiger partial charge is 0.494 e. The number of methoxy groups -OCH3 is 1. The minimum Gasteiger partial charge on any atom is -0.494 e. The molecule has 6 heteroatoms. The van der Waals surface area contributed by atoms with Crippen LogP contribution in [0, 0.1) is 6.92 Å². The minimum absolute atomic E-state index is 0.0259. The number of anilines is 1. The lowest BCUT2D eigenvalue weighted by molar-refractivity contribution is 0.0985. The zero-order valence-electron chi connectivity index (χ0n) is 19.0. The van der Waals surface area contributed by atoms with Crippen molar-refractivity contribution < 1.29 is 9.53 Å². The zero-order valence-corrected chi connectivity index (χ0v) is 19.9. The van der Waals surface area contributed by atoms with Crippen LogP contribution in [0.1, 0.15) is 47.8 Å². The van der Waals surface area contributed by atoms with E-state index in [4.69, 9.17) is 9.72 Å². The normalized spacial score (nSPS) is 11.5. The number of fused-ring (bicyclic) bond motifs is 1. The van der Waals surface area contributed by atoms with Crippen molar-refractivity contribution in [2.75, 3.05) is 12.0 Å². The zero-order chi connectivity index (χ0) is 22.9. The van der Waals surface area contributed by atoms with Gasteiger partial charge in [-0.25, -0.2) is 4.98 Å². The van der Waals surface area contributed by atoms with E-state index in [1.54, 1.807) is 24.4 Å². The molecule has 0 fully saturated rings. The van der Waals surface area contributed by atoms with Crippen molar-refractivity contribution in [3.05, 3.63) is 83.2 Å². The SMILES string of the molecule is COc1ccc(C)c2sc(N(Cc3cccnc3)C(=O)c3ccc(C(C)(C)C)cc3)nc12. The second kappa shape index (κ2) is 8.71. The van der Waals surface area contributed by atoms with Gasteiger partial charge in [-0.2, -0.15) is 0 Å². The number of aryl methyl sites for hydroxylation is 1. The van der Waals surface area contributed by atoms with E-state index in [1.165, 1.54) is 16.9 Å². The van der Waals surface area contributed by atoms with Gasteiger partial charge in [0.1, 0.15) is 11.3 Å². The molecule has 0 saturated carbocycles. The second-order valence-corrected chi connectivity index (χ2v) is 9.82. The molecule has 0 aliphatic heterocycles. The number of aromatic nitrogens is 2. The average molecular weight is 446 g/mol. The van der Waals surface area contributed by atoms with Crippen LogP contribution in [0.4, 0.5) is 5.13 Å². The van der Waals surface area contributed by atoms with E-state index in [1.807, 2.05) is 55.5 Å². The Morgan fingerprint density at radius 2 is 1.84 bits per heavy atom. The highest BCUT2D eigenvalue weighted by Gasteiger charge is 2.24. The summed E-state index contributed by atoms with van der Waals surface area (Å²) in [5.74, 6) is 0.612. The highest BCUT2D eigenvalue weighted by Crippen LogP contribution is 2.37. The van der Waals surface area contributed by atoms with Crippen LogP contribution in [0.5, 0.6) is 5.75 Å². The van der Waals surface area contributed by atoms with E-state index in [-0.39, 0.29) is 11.3 Å². The molecule has 0 radical (unpaired) electrons. The quantitative estimate of drug-likeness (QED) is 0.369. The Balaban J connectivity index is 1.78. The highest BCUT2D eigenvalue weighted by atomic mass is 32.1. The summed E-state index contributed by atoms with van der Waals surface area (Å²) >= 11 is 1.50. The molecule has 0 aliphatic rings. The number of benzene rings is 2. The molecule has 2 aromatic carbocycles. The molecule has 1 amide bonds. The van der Waals surface area contributed by atoms with Gasteiger partial charge in [-0.15, -0.1) is 0 Å². The van der Waals surface area contributed by atoms with Crippen LogP contribution in [-0.2, 0) is 12.0 Å². The summed E-state index contributed by atoms with van der Waals surface area (Å²) in [6, 6.07) is 15.6. The van der Waals surface area contributed by atoms with Crippen molar-refractivity contribution in [1.29, 1.82) is 0 Å². The van der Waals surface area contributed by atoms with Crippen LogP contribution in [0.2, 0.25) is 0 Å². The molecule has 4 rings (SSSR count). The Bertz CT molecular complexity index is 1240. The van der Waals surface area contributed by atoms with E-state index in [0.717, 1.165) is 21.3 Å². The molecule has 164 valence electrons. The summed E-state index contributed by atoms with van der Waals surface area (Å²) in [6.45, 7) is 8.91. The standard InChI is InChI=1S/C26H27N3O2S/c1-17-8-13-21(31-5)22-23(17)32-25(28-22)29(16-18-7-6-14-27-15-18)24(30)19-9-11-20(12-10-19)26(2,3)4/h6-15H,16H2,1-5H3. The lowest BCUT2D eigenvalue weighted by atomic mass is 9.86. The van der Waals surface area contributed by atoms with E-state index < -0.39 is 0 Å². The van der Waals surface area contributed by atoms with Gasteiger partial charge < -0.3 is 4.74 Å². The van der Waals surface area contributed by atoms with E-state index in [2.05, 4.69) is 25.8 Å². The monoisotopic (exact) mass is 445 g/mol. The summed E-state index contributed by atoms with van der Waals surface area (Å²) in [5.41, 5.74) is 4.67. The fourth-order valence-corrected chi connectivity index (χ4v) is 4.60. The van der Waals surface area contributed by atoms with Crippen molar-refractivity contribution in [2.24, 2.45) is 0 Å². The summed E-state index contributed by atoms with van der Waals surface area (Å²) in [5, 5.41) is 0.640. The molecule has 0 aliphatic carbocycles. The van der Waals surface area contributed by atoms with Gasteiger partial charge >= 0.3 is 0 Å². The van der Waals surface area contributed by atoms with Crippen LogP contribution in [0.3, 0.4) is 0 Å². The molecule has 32 heavy (non-hydrogen) atoms. The predicted molar refractivity (Wildman–Crippen MR) is 131 cm³/mol. The van der Waals surface area contributed by atoms with Crippen LogP contribution >= 0.6 is 11.3 Å². The number of thiazole rings is 1. The Labute approximate surface area is 192 Å². The molecule has 4 aromatic rings. The fourth-order valence-electron chi connectivity index (χ4n) is 3.55. The summed E-state index contributed by atoms with van der Waals surface area (Å²) in [4.78, 5) is 24.4. The number of nitrogens with zero attached hydrogens (tertiary/aromatic N) is 3. The van der Waals surface area contributed by atoms with Crippen molar-refractivity contribution >= 4 is 32.6 Å². The van der Waals surface area contributed by atoms with Gasteiger partial charge in [0.15, 0.2) is 5.13 Å². The molecule has 0 unspecified atom stereocenters. The maximum atomic E-state index is 13.7. The van der Waals surface area contributed by atoms with E-state index in [0.29, 0.717) is 23.0 Å². The van der Waals surface area contributed by atoms with Gasteiger partial charge in [-0.05, 0) is 53.3 Å². The Morgan fingerprint density at radius 1 is 1.09 bits per heavy atom. The smallest absolute Gasteiger partial charge is 0.260 e. The van der Waals surface area contributed by atoms with Crippen molar-refractivity contribution in [1.82, 2.24) is 9.97 Å². The molecule has 2 heterocycles. The molecular formula is C26H27N3O2S. The molecule has 0 spiro atoms. The third-order valence-electron chi connectivity index (χ3n) is 5.45. The number of amides is 1. The third kappa shape index (κ3) is 4.36. The first-order chi connectivity index (χ1) is 15.3. The maximum Gasteiger partial charge on any atom is 0.260 e. The van der Waals surface area contributed by atoms with Crippen molar-refractivity contribution in [2.45, 2.75) is 39.7 Å². The molecule has 0 atom stereocenters. The highest BCUT2D eigenvalue weighted by molar-refractivity contribution is 7.22. The number of hydrogen-bond acceptors (Lipinski definition) is 5. The van der Waals surface area contributed by atoms with Crippen LogP contribution in [0.25, 0.3) is 10.2 Å². The summed E-state index contributed by atoms with van der Waals surface area (Å²) in [7, 11) is 1.64. The topological polar surface area (TPSA) is 55.3 Å². The lowest BCUT2D eigenvalue weighted by Gasteiger charge is -2.22. The number of hydrogen-bond donors (Lipinski definition) is 0. The van der Waals surface area contributed by atoms with Gasteiger partial charge in [0, 0.05) is 18.0 Å². The molecule has 2 aromatic heterocycles. The third-order valence-corrected chi connectivity index (χ3v) is 6.66. The van der Waals surface area contributed by atoms with Gasteiger partial charge in [-0.3, -0.25) is 14.7 Å². The van der Waals surface area contributed by atoms with Crippen LogP contribution in [-0.4, -0.2) is 23.0 Å². The summed E-state index contributed by atoms with van der Waals surface area (Å²) in [6.07, 6.45) is 3.51. The number of rotatable bonds is 5. The minimum atomic E-state index is -0.0926. The maximum absolute atomic E-state index is 13.7. The predicted octanol–water partition coefficient (Wildman–Crippen LogP) is 6.15. The first-order valence-electron chi connectivity index (χ1n) is 10.5. The number of carbonyl (C=O) groups is 1. The van der Waals surface area contributed by atoms with Gasteiger partial charge in [0.2, 0.25) is 0 Å².